The molecule has 1 aromatic carbocycles. The number of esters is 1. The van der Waals surface area contributed by atoms with E-state index in [2.05, 4.69) is 4.74 Å². The van der Waals surface area contributed by atoms with Gasteiger partial charge in [-0.05, 0) is 17.7 Å². The van der Waals surface area contributed by atoms with Crippen LogP contribution < -0.4 is 5.73 Å². The average Bonchev–Trinajstić information content (AvgIpc) is 2.17. The van der Waals surface area contributed by atoms with Gasteiger partial charge >= 0.3 is 5.97 Å². The van der Waals surface area contributed by atoms with Crippen LogP contribution in [0.25, 0.3) is 0 Å². The highest BCUT2D eigenvalue weighted by molar-refractivity contribution is 5.89. The van der Waals surface area contributed by atoms with E-state index in [1.54, 1.807) is 24.3 Å². The predicted octanol–water partition coefficient (Wildman–Crippen LogP) is 0.501. The molecule has 0 saturated heterocycles. The summed E-state index contributed by atoms with van der Waals surface area (Å²) in [6.45, 7) is 0. The minimum atomic E-state index is -0.393. The summed E-state index contributed by atoms with van der Waals surface area (Å²) in [4.78, 5) is 21.6. The second-order valence-corrected chi connectivity index (χ2v) is 2.83. The Hall–Kier alpha value is -1.84. The number of nitrogens with two attached hydrogens (primary N) is 1. The fraction of sp³-hybridized carbons (Fsp3) is 0.200. The molecule has 74 valence electrons. The number of primary amides is 1. The van der Waals surface area contributed by atoms with Gasteiger partial charge in [-0.15, -0.1) is 0 Å². The third kappa shape index (κ3) is 2.58. The third-order valence-electron chi connectivity index (χ3n) is 1.75. The maximum atomic E-state index is 11.0. The minimum Gasteiger partial charge on any atom is -0.465 e. The number of carbonyl (C=O) groups excluding carboxylic acids is 2. The van der Waals surface area contributed by atoms with Crippen LogP contribution in [-0.2, 0) is 16.0 Å². The monoisotopic (exact) mass is 193 g/mol. The highest BCUT2D eigenvalue weighted by atomic mass is 16.5. The molecule has 1 amide bonds. The van der Waals surface area contributed by atoms with Crippen molar-refractivity contribution in [1.29, 1.82) is 0 Å². The van der Waals surface area contributed by atoms with E-state index in [-0.39, 0.29) is 6.42 Å². The largest absolute Gasteiger partial charge is 0.465 e. The van der Waals surface area contributed by atoms with Crippen molar-refractivity contribution in [3.8, 4) is 0 Å². The Morgan fingerprint density at radius 2 is 1.86 bits per heavy atom. The number of methoxy groups -OCH3 is 1. The molecular formula is C10H11NO3. The van der Waals surface area contributed by atoms with Gasteiger partial charge in [0.15, 0.2) is 0 Å². The number of rotatable bonds is 3. The summed E-state index contributed by atoms with van der Waals surface area (Å²) < 4.78 is 4.53. The first kappa shape index (κ1) is 10.2. The zero-order chi connectivity index (χ0) is 10.6. The molecule has 4 nitrogen and oxygen atoms in total. The lowest BCUT2D eigenvalue weighted by atomic mass is 10.1. The molecule has 0 atom stereocenters. The summed E-state index contributed by atoms with van der Waals surface area (Å²) in [7, 11) is 1.32. The summed E-state index contributed by atoms with van der Waals surface area (Å²) in [5.74, 6) is -0.786. The molecule has 0 saturated carbocycles. The van der Waals surface area contributed by atoms with Gasteiger partial charge in [0.2, 0.25) is 5.91 Å². The number of carbonyl (C=O) groups is 2. The summed E-state index contributed by atoms with van der Waals surface area (Å²) in [5.41, 5.74) is 6.26. The standard InChI is InChI=1S/C10H11NO3/c1-14-10(13)8-4-2-7(3-5-8)6-9(11)12/h2-5H,6H2,1H3,(H2,11,12). The second-order valence-electron chi connectivity index (χ2n) is 2.83. The first-order valence-corrected chi connectivity index (χ1v) is 4.09. The fourth-order valence-electron chi connectivity index (χ4n) is 1.08. The molecule has 1 rings (SSSR count). The fourth-order valence-corrected chi connectivity index (χ4v) is 1.08. The van der Waals surface area contributed by atoms with Crippen molar-refractivity contribution >= 4 is 11.9 Å². The van der Waals surface area contributed by atoms with Crippen LogP contribution in [0.5, 0.6) is 0 Å². The van der Waals surface area contributed by atoms with Crippen LogP contribution >= 0.6 is 0 Å². The molecule has 4 heteroatoms. The van der Waals surface area contributed by atoms with Crippen LogP contribution in [0.4, 0.5) is 0 Å². The lowest BCUT2D eigenvalue weighted by Gasteiger charge is -2.00. The van der Waals surface area contributed by atoms with E-state index in [0.29, 0.717) is 5.56 Å². The molecule has 0 bridgehead atoms. The van der Waals surface area contributed by atoms with Crippen molar-refractivity contribution in [2.24, 2.45) is 5.73 Å². The number of ether oxygens (including phenoxy) is 1. The van der Waals surface area contributed by atoms with E-state index in [0.717, 1.165) is 5.56 Å². The van der Waals surface area contributed by atoms with Crippen LogP contribution in [0.15, 0.2) is 24.3 Å². The Morgan fingerprint density at radius 1 is 1.29 bits per heavy atom. The van der Waals surface area contributed by atoms with Crippen molar-refractivity contribution in [2.75, 3.05) is 7.11 Å². The average molecular weight is 193 g/mol. The van der Waals surface area contributed by atoms with E-state index in [4.69, 9.17) is 5.73 Å². The van der Waals surface area contributed by atoms with Crippen molar-refractivity contribution < 1.29 is 14.3 Å². The summed E-state index contributed by atoms with van der Waals surface area (Å²) in [6.07, 6.45) is 0.182. The summed E-state index contributed by atoms with van der Waals surface area (Å²) >= 11 is 0. The van der Waals surface area contributed by atoms with Gasteiger partial charge in [-0.3, -0.25) is 4.79 Å². The van der Waals surface area contributed by atoms with Gasteiger partial charge in [-0.1, -0.05) is 12.1 Å². The SMILES string of the molecule is COC(=O)c1ccc(CC(N)=O)cc1. The number of benzene rings is 1. The highest BCUT2D eigenvalue weighted by Crippen LogP contribution is 2.05. The molecule has 0 aromatic heterocycles. The third-order valence-corrected chi connectivity index (χ3v) is 1.75. The second kappa shape index (κ2) is 4.41. The minimum absolute atomic E-state index is 0.182. The normalized spacial score (nSPS) is 9.50. The first-order chi connectivity index (χ1) is 6.63. The van der Waals surface area contributed by atoms with Crippen LogP contribution in [0.3, 0.4) is 0 Å². The summed E-state index contributed by atoms with van der Waals surface area (Å²) in [5, 5.41) is 0. The molecule has 0 radical (unpaired) electrons. The zero-order valence-corrected chi connectivity index (χ0v) is 7.82. The number of amides is 1. The molecular weight excluding hydrogens is 182 g/mol. The first-order valence-electron chi connectivity index (χ1n) is 4.09. The van der Waals surface area contributed by atoms with Gasteiger partial charge in [0.1, 0.15) is 0 Å². The predicted molar refractivity (Wildman–Crippen MR) is 50.7 cm³/mol. The topological polar surface area (TPSA) is 69.4 Å². The lowest BCUT2D eigenvalue weighted by molar-refractivity contribution is -0.117. The van der Waals surface area contributed by atoms with E-state index in [1.165, 1.54) is 7.11 Å². The van der Waals surface area contributed by atoms with Crippen molar-refractivity contribution in [2.45, 2.75) is 6.42 Å². The Balaban J connectivity index is 2.78. The Kier molecular flexibility index (Phi) is 3.23. The molecule has 1 aromatic rings. The van der Waals surface area contributed by atoms with Crippen molar-refractivity contribution in [1.82, 2.24) is 0 Å². The maximum Gasteiger partial charge on any atom is 0.337 e. The number of hydrogen-bond acceptors (Lipinski definition) is 3. The molecule has 0 aliphatic carbocycles. The van der Waals surface area contributed by atoms with Crippen LogP contribution in [0.1, 0.15) is 15.9 Å². The molecule has 0 aliphatic rings. The van der Waals surface area contributed by atoms with E-state index in [1.807, 2.05) is 0 Å². The lowest BCUT2D eigenvalue weighted by Crippen LogP contribution is -2.13. The summed E-state index contributed by atoms with van der Waals surface area (Å²) in [6, 6.07) is 6.56. The molecule has 0 unspecified atom stereocenters. The molecule has 0 fully saturated rings. The molecule has 0 heterocycles. The van der Waals surface area contributed by atoms with E-state index in [9.17, 15) is 9.59 Å². The van der Waals surface area contributed by atoms with Gasteiger partial charge in [0, 0.05) is 0 Å². The van der Waals surface area contributed by atoms with Crippen LogP contribution in [0, 0.1) is 0 Å². The molecule has 0 spiro atoms. The van der Waals surface area contributed by atoms with Gasteiger partial charge in [-0.25, -0.2) is 4.79 Å². The molecule has 2 N–H and O–H groups in total. The Morgan fingerprint density at radius 3 is 2.29 bits per heavy atom. The van der Waals surface area contributed by atoms with Gasteiger partial charge in [0.25, 0.3) is 0 Å². The molecule has 14 heavy (non-hydrogen) atoms. The quantitative estimate of drug-likeness (QED) is 0.710. The Bertz CT molecular complexity index is 343. The van der Waals surface area contributed by atoms with Crippen molar-refractivity contribution in [3.05, 3.63) is 35.4 Å². The van der Waals surface area contributed by atoms with E-state index < -0.39 is 11.9 Å². The maximum absolute atomic E-state index is 11.0. The Labute approximate surface area is 81.7 Å². The van der Waals surface area contributed by atoms with Crippen LogP contribution in [0.2, 0.25) is 0 Å². The van der Waals surface area contributed by atoms with Gasteiger partial charge in [0.05, 0.1) is 19.1 Å². The van der Waals surface area contributed by atoms with Crippen molar-refractivity contribution in [3.63, 3.8) is 0 Å². The van der Waals surface area contributed by atoms with Crippen LogP contribution in [-0.4, -0.2) is 19.0 Å². The smallest absolute Gasteiger partial charge is 0.337 e. The number of hydrogen-bond donors (Lipinski definition) is 1. The molecule has 0 aliphatic heterocycles. The van der Waals surface area contributed by atoms with Gasteiger partial charge in [-0.2, -0.15) is 0 Å². The van der Waals surface area contributed by atoms with Gasteiger partial charge < -0.3 is 10.5 Å². The van der Waals surface area contributed by atoms with E-state index >= 15 is 0 Å². The highest BCUT2D eigenvalue weighted by Gasteiger charge is 2.04. The zero-order valence-electron chi connectivity index (χ0n) is 7.82.